The summed E-state index contributed by atoms with van der Waals surface area (Å²) in [6.07, 6.45) is -4.50. The summed E-state index contributed by atoms with van der Waals surface area (Å²) < 4.78 is 39.0. The lowest BCUT2D eigenvalue weighted by atomic mass is 10.0. The van der Waals surface area contributed by atoms with E-state index in [9.17, 15) is 18.0 Å². The monoisotopic (exact) mass is 311 g/mol. The molecule has 3 heterocycles. The molecule has 1 fully saturated rings. The lowest BCUT2D eigenvalue weighted by Gasteiger charge is -2.34. The van der Waals surface area contributed by atoms with Crippen LogP contribution in [-0.4, -0.2) is 45.2 Å². The van der Waals surface area contributed by atoms with E-state index in [0.29, 0.717) is 13.1 Å². The van der Waals surface area contributed by atoms with E-state index >= 15 is 0 Å². The number of halogens is 4. The third-order valence-corrected chi connectivity index (χ3v) is 3.45. The molecule has 112 valence electrons. The molecule has 10 heteroatoms. The number of fused-ring (bicyclic) bond motifs is 1. The molecule has 2 aliphatic rings. The van der Waals surface area contributed by atoms with Crippen molar-refractivity contribution in [2.75, 3.05) is 19.6 Å². The van der Waals surface area contributed by atoms with Crippen molar-refractivity contribution in [3.63, 3.8) is 0 Å². The van der Waals surface area contributed by atoms with Gasteiger partial charge in [-0.1, -0.05) is 0 Å². The van der Waals surface area contributed by atoms with E-state index in [-0.39, 0.29) is 49.7 Å². The van der Waals surface area contributed by atoms with Crippen molar-refractivity contribution < 1.29 is 18.0 Å². The van der Waals surface area contributed by atoms with Gasteiger partial charge in [0.05, 0.1) is 12.5 Å². The number of nitrogens with zero attached hydrogens (tertiary/aromatic N) is 4. The molecule has 1 aromatic heterocycles. The highest BCUT2D eigenvalue weighted by Gasteiger charge is 2.40. The Bertz CT molecular complexity index is 513. The Hall–Kier alpha value is -1.35. The van der Waals surface area contributed by atoms with Gasteiger partial charge in [-0.25, -0.2) is 0 Å². The minimum Gasteiger partial charge on any atom is -0.333 e. The number of amides is 1. The predicted molar refractivity (Wildman–Crippen MR) is 64.0 cm³/mol. The number of carbonyl (C=O) groups is 1. The first-order valence-electron chi connectivity index (χ1n) is 5.95. The second-order valence-electron chi connectivity index (χ2n) is 4.70. The Balaban J connectivity index is 0.00000147. The average molecular weight is 312 g/mol. The second-order valence-corrected chi connectivity index (χ2v) is 4.70. The lowest BCUT2D eigenvalue weighted by Crippen LogP contribution is -2.53. The largest absolute Gasteiger partial charge is 0.451 e. The summed E-state index contributed by atoms with van der Waals surface area (Å²) in [7, 11) is 0. The Labute approximate surface area is 118 Å². The van der Waals surface area contributed by atoms with E-state index in [1.807, 2.05) is 0 Å². The summed E-state index contributed by atoms with van der Waals surface area (Å²) in [6, 6.07) is 0. The Morgan fingerprint density at radius 1 is 1.25 bits per heavy atom. The highest BCUT2D eigenvalue weighted by Crippen LogP contribution is 2.29. The maximum Gasteiger partial charge on any atom is 0.451 e. The summed E-state index contributed by atoms with van der Waals surface area (Å²) in [5.41, 5.74) is 0. The molecule has 1 amide bonds. The minimum absolute atomic E-state index is 0. The molecule has 0 spiro atoms. The molecule has 1 aromatic rings. The Morgan fingerprint density at radius 3 is 2.50 bits per heavy atom. The number of carbonyl (C=O) groups excluding carboxylic acids is 1. The van der Waals surface area contributed by atoms with Crippen LogP contribution in [0.15, 0.2) is 0 Å². The van der Waals surface area contributed by atoms with Gasteiger partial charge in [-0.3, -0.25) is 4.79 Å². The first kappa shape index (κ1) is 15.0. The van der Waals surface area contributed by atoms with Crippen LogP contribution in [0.5, 0.6) is 0 Å². The number of alkyl halides is 3. The molecule has 0 bridgehead atoms. The summed E-state index contributed by atoms with van der Waals surface area (Å²) in [5.74, 6) is -0.878. The van der Waals surface area contributed by atoms with E-state index in [1.54, 1.807) is 4.90 Å². The van der Waals surface area contributed by atoms with E-state index in [1.165, 1.54) is 0 Å². The first-order chi connectivity index (χ1) is 8.97. The fourth-order valence-electron chi connectivity index (χ4n) is 2.28. The van der Waals surface area contributed by atoms with Gasteiger partial charge < -0.3 is 14.8 Å². The van der Waals surface area contributed by atoms with Crippen LogP contribution < -0.4 is 5.32 Å². The molecular formula is C10H13ClF3N5O. The van der Waals surface area contributed by atoms with Crippen molar-refractivity contribution in [3.05, 3.63) is 11.6 Å². The normalized spacial score (nSPS) is 19.1. The summed E-state index contributed by atoms with van der Waals surface area (Å²) in [6.45, 7) is 1.72. The summed E-state index contributed by atoms with van der Waals surface area (Å²) in [4.78, 5) is 13.6. The number of hydrogen-bond donors (Lipinski definition) is 1. The zero-order chi connectivity index (χ0) is 13.6. The topological polar surface area (TPSA) is 63.1 Å². The van der Waals surface area contributed by atoms with E-state index in [4.69, 9.17) is 0 Å². The van der Waals surface area contributed by atoms with Gasteiger partial charge in [0.25, 0.3) is 0 Å². The van der Waals surface area contributed by atoms with Gasteiger partial charge in [-0.2, -0.15) is 13.2 Å². The Kier molecular flexibility index (Phi) is 3.92. The molecule has 0 aliphatic carbocycles. The smallest absolute Gasteiger partial charge is 0.333 e. The van der Waals surface area contributed by atoms with E-state index < -0.39 is 12.0 Å². The molecule has 0 aromatic carbocycles. The lowest BCUT2D eigenvalue weighted by molar-refractivity contribution is -0.148. The van der Waals surface area contributed by atoms with E-state index in [0.717, 1.165) is 4.57 Å². The van der Waals surface area contributed by atoms with Crippen LogP contribution in [0.3, 0.4) is 0 Å². The molecule has 20 heavy (non-hydrogen) atoms. The molecule has 0 atom stereocenters. The fraction of sp³-hybridized carbons (Fsp3) is 0.700. The number of nitrogens with one attached hydrogen (secondary N) is 1. The molecule has 0 radical (unpaired) electrons. The highest BCUT2D eigenvalue weighted by atomic mass is 35.5. The maximum absolute atomic E-state index is 12.6. The van der Waals surface area contributed by atoms with Crippen LogP contribution in [-0.2, 0) is 24.1 Å². The third kappa shape index (κ3) is 2.47. The van der Waals surface area contributed by atoms with Crippen LogP contribution >= 0.6 is 12.4 Å². The summed E-state index contributed by atoms with van der Waals surface area (Å²) in [5, 5.41) is 9.72. The fourth-order valence-corrected chi connectivity index (χ4v) is 2.28. The zero-order valence-electron chi connectivity index (χ0n) is 10.4. The molecule has 0 unspecified atom stereocenters. The van der Waals surface area contributed by atoms with Crippen molar-refractivity contribution in [2.45, 2.75) is 19.3 Å². The molecule has 0 saturated carbocycles. The van der Waals surface area contributed by atoms with Gasteiger partial charge in [-0.05, 0) is 0 Å². The van der Waals surface area contributed by atoms with Crippen molar-refractivity contribution in [1.82, 2.24) is 25.0 Å². The molecule has 1 saturated heterocycles. The number of hydrogen-bond acceptors (Lipinski definition) is 4. The van der Waals surface area contributed by atoms with Crippen molar-refractivity contribution >= 4 is 18.3 Å². The van der Waals surface area contributed by atoms with Gasteiger partial charge >= 0.3 is 6.18 Å². The molecule has 3 rings (SSSR count). The van der Waals surface area contributed by atoms with Crippen molar-refractivity contribution in [3.8, 4) is 0 Å². The molecule has 2 aliphatic heterocycles. The van der Waals surface area contributed by atoms with Crippen molar-refractivity contribution in [1.29, 1.82) is 0 Å². The van der Waals surface area contributed by atoms with Gasteiger partial charge in [0, 0.05) is 26.2 Å². The SMILES string of the molecule is Cl.O=C(C1CNC1)N1CCn2c(nnc2C(F)(F)F)C1. The third-order valence-electron chi connectivity index (χ3n) is 3.45. The summed E-state index contributed by atoms with van der Waals surface area (Å²) >= 11 is 0. The minimum atomic E-state index is -4.50. The molecule has 1 N–H and O–H groups in total. The number of aromatic nitrogens is 3. The number of rotatable bonds is 1. The van der Waals surface area contributed by atoms with Gasteiger partial charge in [0.2, 0.25) is 11.7 Å². The van der Waals surface area contributed by atoms with Gasteiger partial charge in [0.15, 0.2) is 5.82 Å². The highest BCUT2D eigenvalue weighted by molar-refractivity contribution is 5.85. The molecular weight excluding hydrogens is 299 g/mol. The van der Waals surface area contributed by atoms with Crippen LogP contribution in [0.4, 0.5) is 13.2 Å². The molecule has 6 nitrogen and oxygen atoms in total. The standard InChI is InChI=1S/C10H12F3N5O.ClH/c11-10(12,13)9-16-15-7-5-17(1-2-18(7)9)8(19)6-3-14-4-6;/h6,14H,1-5H2;1H. The van der Waals surface area contributed by atoms with Crippen LogP contribution in [0.25, 0.3) is 0 Å². The first-order valence-corrected chi connectivity index (χ1v) is 5.95. The quantitative estimate of drug-likeness (QED) is 0.809. The van der Waals surface area contributed by atoms with Crippen LogP contribution in [0, 0.1) is 5.92 Å². The van der Waals surface area contributed by atoms with Crippen molar-refractivity contribution in [2.24, 2.45) is 5.92 Å². The Morgan fingerprint density at radius 2 is 1.95 bits per heavy atom. The average Bonchev–Trinajstić information content (AvgIpc) is 2.68. The van der Waals surface area contributed by atoms with E-state index in [2.05, 4.69) is 15.5 Å². The van der Waals surface area contributed by atoms with Crippen LogP contribution in [0.2, 0.25) is 0 Å². The van der Waals surface area contributed by atoms with Crippen LogP contribution in [0.1, 0.15) is 11.6 Å². The second kappa shape index (κ2) is 5.21. The maximum atomic E-state index is 12.6. The zero-order valence-corrected chi connectivity index (χ0v) is 11.2. The predicted octanol–water partition coefficient (Wildman–Crippen LogP) is 0.280. The van der Waals surface area contributed by atoms with Gasteiger partial charge in [0.1, 0.15) is 0 Å². The van der Waals surface area contributed by atoms with Gasteiger partial charge in [-0.15, -0.1) is 22.6 Å².